The Balaban J connectivity index is 3.26. The maximum atomic E-state index is 9.99. The molecule has 2 amide bonds. The molecule has 0 atom stereocenters. The van der Waals surface area contributed by atoms with E-state index in [0.717, 1.165) is 0 Å². The third kappa shape index (κ3) is 4.76. The van der Waals surface area contributed by atoms with Gasteiger partial charge in [-0.2, -0.15) is 0 Å². The molecule has 3 N–H and O–H groups in total. The molecule has 0 aromatic rings. The highest BCUT2D eigenvalue weighted by Crippen LogP contribution is 1.79. The number of carbonyl (C=O) groups is 2. The van der Waals surface area contributed by atoms with Crippen molar-refractivity contribution >= 4 is 12.3 Å². The van der Waals surface area contributed by atoms with Crippen LogP contribution in [0, 0.1) is 0 Å². The Bertz CT molecular complexity index is 114. The van der Waals surface area contributed by atoms with Crippen LogP contribution in [-0.4, -0.2) is 29.1 Å². The summed E-state index contributed by atoms with van der Waals surface area (Å²) in [6.07, 6.45) is 0.193. The first-order chi connectivity index (χ1) is 4.16. The molecule has 0 bridgehead atoms. The average molecular weight is 132 g/mol. The largest absolute Gasteiger partial charge is 0.370 e. The summed E-state index contributed by atoms with van der Waals surface area (Å²) in [6, 6.07) is 0. The lowest BCUT2D eigenvalue weighted by atomic mass is 10.4. The number of carbonyl (C=O) groups excluding carboxylic acids is 2. The van der Waals surface area contributed by atoms with Gasteiger partial charge in [0.1, 0.15) is 0 Å². The summed E-state index contributed by atoms with van der Waals surface area (Å²) in [5, 5.41) is 8.73. The quantitative estimate of drug-likeness (QED) is 0.283. The molecule has 0 aliphatic carbocycles. The molecule has 9 heavy (non-hydrogen) atoms. The Morgan fingerprint density at radius 2 is 2.33 bits per heavy atom. The van der Waals surface area contributed by atoms with Gasteiger partial charge in [0.15, 0.2) is 0 Å². The van der Waals surface area contributed by atoms with Crippen LogP contribution in [0.3, 0.4) is 0 Å². The lowest BCUT2D eigenvalue weighted by molar-refractivity contribution is -0.150. The van der Waals surface area contributed by atoms with Crippen molar-refractivity contribution in [3.8, 4) is 0 Å². The Kier molecular flexibility index (Phi) is 3.38. The fourth-order valence-corrected chi connectivity index (χ4v) is 0.277. The van der Waals surface area contributed by atoms with Crippen molar-refractivity contribution in [3.05, 3.63) is 0 Å². The molecule has 5 nitrogen and oxygen atoms in total. The first-order valence-corrected chi connectivity index (χ1v) is 2.36. The maximum Gasteiger partial charge on any atom is 0.233 e. The van der Waals surface area contributed by atoms with Gasteiger partial charge in [-0.15, -0.1) is 0 Å². The van der Waals surface area contributed by atoms with E-state index >= 15 is 0 Å². The summed E-state index contributed by atoms with van der Waals surface area (Å²) in [6.45, 7) is -0.0428. The number of nitrogens with zero attached hydrogens (tertiary/aromatic N) is 1. The number of primary amides is 1. The highest BCUT2D eigenvalue weighted by molar-refractivity contribution is 5.74. The lowest BCUT2D eigenvalue weighted by Gasteiger charge is -2.04. The van der Waals surface area contributed by atoms with Crippen LogP contribution in [0.4, 0.5) is 0 Å². The van der Waals surface area contributed by atoms with Gasteiger partial charge in [0.2, 0.25) is 12.3 Å². The molecule has 5 heteroatoms. The van der Waals surface area contributed by atoms with Gasteiger partial charge in [0.05, 0.1) is 6.54 Å². The number of hydrogen-bond acceptors (Lipinski definition) is 3. The molecule has 0 heterocycles. The van der Waals surface area contributed by atoms with Gasteiger partial charge in [-0.1, -0.05) is 0 Å². The van der Waals surface area contributed by atoms with E-state index in [-0.39, 0.29) is 19.4 Å². The SMILES string of the molecule is NC(=O)CCN(O)C=O. The second-order valence-corrected chi connectivity index (χ2v) is 1.48. The van der Waals surface area contributed by atoms with E-state index < -0.39 is 5.91 Å². The Hall–Kier alpha value is -1.10. The van der Waals surface area contributed by atoms with Crippen LogP contribution in [0.15, 0.2) is 0 Å². The molecule has 0 fully saturated rings. The minimum absolute atomic E-state index is 0.0186. The van der Waals surface area contributed by atoms with Crippen molar-refractivity contribution < 1.29 is 14.8 Å². The zero-order valence-corrected chi connectivity index (χ0v) is 4.78. The fourth-order valence-electron chi connectivity index (χ4n) is 0.277. The molecule has 0 aromatic heterocycles. The molecule has 0 radical (unpaired) electrons. The van der Waals surface area contributed by atoms with Crippen LogP contribution >= 0.6 is 0 Å². The number of rotatable bonds is 4. The number of hydrogen-bond donors (Lipinski definition) is 2. The zero-order valence-electron chi connectivity index (χ0n) is 4.78. The third-order valence-corrected chi connectivity index (χ3v) is 0.709. The average Bonchev–Trinajstić information content (AvgIpc) is 1.83. The summed E-state index contributed by atoms with van der Waals surface area (Å²) in [5.41, 5.74) is 4.70. The van der Waals surface area contributed by atoms with Crippen molar-refractivity contribution in [1.82, 2.24) is 5.06 Å². The molecule has 0 spiro atoms. The zero-order chi connectivity index (χ0) is 7.28. The van der Waals surface area contributed by atoms with Crippen molar-refractivity contribution in [2.24, 2.45) is 5.73 Å². The molecule has 0 unspecified atom stereocenters. The molecule has 0 aromatic carbocycles. The fraction of sp³-hybridized carbons (Fsp3) is 0.500. The van der Waals surface area contributed by atoms with E-state index in [1.807, 2.05) is 0 Å². The summed E-state index contributed by atoms with van der Waals surface area (Å²) in [7, 11) is 0. The Morgan fingerprint density at radius 3 is 2.67 bits per heavy atom. The first kappa shape index (κ1) is 7.90. The Labute approximate surface area is 52.0 Å². The number of nitrogens with two attached hydrogens (primary N) is 1. The van der Waals surface area contributed by atoms with Gasteiger partial charge in [-0.3, -0.25) is 14.8 Å². The van der Waals surface area contributed by atoms with Gasteiger partial charge in [-0.05, 0) is 0 Å². The molecule has 0 aliphatic heterocycles. The standard InChI is InChI=1S/C4H8N2O3/c5-4(8)1-2-6(9)3-7/h3,9H,1-2H2,(H2,5,8). The molecule has 0 saturated heterocycles. The van der Waals surface area contributed by atoms with Crippen molar-refractivity contribution in [2.45, 2.75) is 6.42 Å². The van der Waals surface area contributed by atoms with E-state index in [4.69, 9.17) is 10.9 Å². The monoisotopic (exact) mass is 132 g/mol. The smallest absolute Gasteiger partial charge is 0.233 e. The van der Waals surface area contributed by atoms with E-state index in [2.05, 4.69) is 0 Å². The summed E-state index contributed by atoms with van der Waals surface area (Å²) in [5.74, 6) is -0.545. The first-order valence-electron chi connectivity index (χ1n) is 2.36. The maximum absolute atomic E-state index is 9.99. The van der Waals surface area contributed by atoms with E-state index in [0.29, 0.717) is 5.06 Å². The van der Waals surface area contributed by atoms with Crippen molar-refractivity contribution in [1.29, 1.82) is 0 Å². The van der Waals surface area contributed by atoms with Gasteiger partial charge in [0, 0.05) is 6.42 Å². The predicted octanol–water partition coefficient (Wildman–Crippen LogP) is -1.29. The van der Waals surface area contributed by atoms with Gasteiger partial charge in [0.25, 0.3) is 0 Å². The van der Waals surface area contributed by atoms with Crippen LogP contribution in [0.1, 0.15) is 6.42 Å². The predicted molar refractivity (Wildman–Crippen MR) is 28.4 cm³/mol. The van der Waals surface area contributed by atoms with Crippen LogP contribution in [0.25, 0.3) is 0 Å². The minimum Gasteiger partial charge on any atom is -0.370 e. The van der Waals surface area contributed by atoms with Gasteiger partial charge in [-0.25, -0.2) is 5.06 Å². The number of amides is 2. The van der Waals surface area contributed by atoms with Crippen LogP contribution in [0.2, 0.25) is 0 Å². The van der Waals surface area contributed by atoms with Gasteiger partial charge < -0.3 is 5.73 Å². The van der Waals surface area contributed by atoms with Gasteiger partial charge >= 0.3 is 0 Å². The highest BCUT2D eigenvalue weighted by atomic mass is 16.5. The molecule has 0 aliphatic rings. The normalized spacial score (nSPS) is 8.56. The second-order valence-electron chi connectivity index (χ2n) is 1.48. The van der Waals surface area contributed by atoms with E-state index in [9.17, 15) is 9.59 Å². The summed E-state index contributed by atoms with van der Waals surface area (Å²) < 4.78 is 0. The lowest BCUT2D eigenvalue weighted by Crippen LogP contribution is -2.23. The second kappa shape index (κ2) is 3.85. The third-order valence-electron chi connectivity index (χ3n) is 0.709. The minimum atomic E-state index is -0.545. The van der Waals surface area contributed by atoms with Crippen LogP contribution in [-0.2, 0) is 9.59 Å². The molecular formula is C4H8N2O3. The van der Waals surface area contributed by atoms with E-state index in [1.54, 1.807) is 0 Å². The van der Waals surface area contributed by atoms with Crippen molar-refractivity contribution in [2.75, 3.05) is 6.54 Å². The summed E-state index contributed by atoms with van der Waals surface area (Å²) in [4.78, 5) is 19.6. The number of hydroxylamine groups is 2. The van der Waals surface area contributed by atoms with E-state index in [1.165, 1.54) is 0 Å². The molecular weight excluding hydrogens is 124 g/mol. The molecule has 52 valence electrons. The summed E-state index contributed by atoms with van der Waals surface area (Å²) >= 11 is 0. The van der Waals surface area contributed by atoms with Crippen molar-refractivity contribution in [3.63, 3.8) is 0 Å². The highest BCUT2D eigenvalue weighted by Gasteiger charge is 1.97. The van der Waals surface area contributed by atoms with Crippen LogP contribution in [0.5, 0.6) is 0 Å². The molecule has 0 saturated carbocycles. The van der Waals surface area contributed by atoms with Crippen LogP contribution < -0.4 is 5.73 Å². The Morgan fingerprint density at radius 1 is 1.78 bits per heavy atom. The molecule has 0 rings (SSSR count). The topological polar surface area (TPSA) is 83.6 Å².